The molecule has 7 heteroatoms. The minimum Gasteiger partial charge on any atom is -0.480 e. The van der Waals surface area contributed by atoms with Gasteiger partial charge < -0.3 is 10.0 Å². The third-order valence-corrected chi connectivity index (χ3v) is 5.73. The summed E-state index contributed by atoms with van der Waals surface area (Å²) in [7, 11) is 0. The molecule has 3 amide bonds. The lowest BCUT2D eigenvalue weighted by Crippen LogP contribution is -2.74. The van der Waals surface area contributed by atoms with E-state index in [1.807, 2.05) is 30.3 Å². The van der Waals surface area contributed by atoms with Crippen LogP contribution in [0, 0.1) is 5.92 Å². The number of imide groups is 1. The van der Waals surface area contributed by atoms with Gasteiger partial charge in [-0.2, -0.15) is 0 Å². The van der Waals surface area contributed by atoms with Crippen molar-refractivity contribution in [2.45, 2.75) is 32.0 Å². The Kier molecular flexibility index (Phi) is 5.19. The lowest BCUT2D eigenvalue weighted by atomic mass is 9.87. The Hall–Kier alpha value is -3.74. The fraction of sp³-hybridized carbons (Fsp3) is 0.250. The zero-order valence-electron chi connectivity index (χ0n) is 17.1. The van der Waals surface area contributed by atoms with Crippen LogP contribution in [0.3, 0.4) is 0 Å². The molecule has 2 aromatic rings. The SMILES string of the molecule is CC(C)[C@H](C(=O)O)N1C(=O)[C@@H](N2C(=O)c3ccccc3C2=O)[C@H]1C=Cc1ccccc1. The first-order chi connectivity index (χ1) is 14.8. The topological polar surface area (TPSA) is 95.0 Å². The van der Waals surface area contributed by atoms with E-state index >= 15 is 0 Å². The van der Waals surface area contributed by atoms with Gasteiger partial charge in [0, 0.05) is 0 Å². The summed E-state index contributed by atoms with van der Waals surface area (Å²) in [5.41, 5.74) is 1.37. The van der Waals surface area contributed by atoms with Gasteiger partial charge >= 0.3 is 5.97 Å². The van der Waals surface area contributed by atoms with Crippen LogP contribution >= 0.6 is 0 Å². The molecule has 4 rings (SSSR count). The van der Waals surface area contributed by atoms with Crippen molar-refractivity contribution in [2.75, 3.05) is 0 Å². The molecule has 0 aromatic heterocycles. The Morgan fingerprint density at radius 1 is 0.935 bits per heavy atom. The van der Waals surface area contributed by atoms with Crippen LogP contribution in [-0.4, -0.2) is 56.7 Å². The van der Waals surface area contributed by atoms with Gasteiger partial charge in [-0.3, -0.25) is 19.3 Å². The normalized spacial score (nSPS) is 21.6. The number of hydrogen-bond donors (Lipinski definition) is 1. The van der Waals surface area contributed by atoms with Crippen LogP contribution in [0.2, 0.25) is 0 Å². The third kappa shape index (κ3) is 3.32. The zero-order chi connectivity index (χ0) is 22.3. The molecule has 2 aliphatic rings. The summed E-state index contributed by atoms with van der Waals surface area (Å²) >= 11 is 0. The number of β-lactam (4-membered cyclic amide) rings is 1. The van der Waals surface area contributed by atoms with E-state index < -0.39 is 41.8 Å². The molecule has 31 heavy (non-hydrogen) atoms. The minimum atomic E-state index is -1.12. The van der Waals surface area contributed by atoms with Crippen molar-refractivity contribution in [1.29, 1.82) is 0 Å². The highest BCUT2D eigenvalue weighted by molar-refractivity contribution is 6.23. The number of nitrogens with zero attached hydrogens (tertiary/aromatic N) is 2. The molecule has 1 saturated heterocycles. The Morgan fingerprint density at radius 2 is 1.48 bits per heavy atom. The Labute approximate surface area is 179 Å². The summed E-state index contributed by atoms with van der Waals surface area (Å²) in [4.78, 5) is 53.2. The Bertz CT molecular complexity index is 1060. The van der Waals surface area contributed by atoms with Crippen molar-refractivity contribution in [2.24, 2.45) is 5.92 Å². The van der Waals surface area contributed by atoms with Crippen LogP contribution < -0.4 is 0 Å². The van der Waals surface area contributed by atoms with E-state index in [1.54, 1.807) is 50.3 Å². The number of fused-ring (bicyclic) bond motifs is 1. The fourth-order valence-electron chi connectivity index (χ4n) is 4.26. The molecule has 3 atom stereocenters. The molecule has 2 aromatic carbocycles. The lowest BCUT2D eigenvalue weighted by molar-refractivity contribution is -0.168. The van der Waals surface area contributed by atoms with E-state index in [4.69, 9.17) is 0 Å². The van der Waals surface area contributed by atoms with Crippen molar-refractivity contribution in [1.82, 2.24) is 9.80 Å². The van der Waals surface area contributed by atoms with Crippen LogP contribution in [0.1, 0.15) is 40.1 Å². The number of amides is 3. The van der Waals surface area contributed by atoms with Crippen molar-refractivity contribution >= 4 is 29.8 Å². The summed E-state index contributed by atoms with van der Waals surface area (Å²) in [6.45, 7) is 3.44. The Morgan fingerprint density at radius 3 is 2.00 bits per heavy atom. The van der Waals surface area contributed by atoms with Crippen LogP contribution in [0.15, 0.2) is 60.7 Å². The van der Waals surface area contributed by atoms with Gasteiger partial charge in [-0.15, -0.1) is 0 Å². The van der Waals surface area contributed by atoms with Crippen molar-refractivity contribution in [3.05, 3.63) is 77.4 Å². The molecule has 1 N–H and O–H groups in total. The Balaban J connectivity index is 1.72. The number of benzene rings is 2. The quantitative estimate of drug-likeness (QED) is 0.575. The molecular formula is C24H22N2O5. The molecule has 0 unspecified atom stereocenters. The number of hydrogen-bond acceptors (Lipinski definition) is 4. The van der Waals surface area contributed by atoms with E-state index in [1.165, 1.54) is 4.90 Å². The maximum absolute atomic E-state index is 13.1. The molecule has 1 fully saturated rings. The summed E-state index contributed by atoms with van der Waals surface area (Å²) in [5, 5.41) is 9.73. The largest absolute Gasteiger partial charge is 0.480 e. The predicted molar refractivity (Wildman–Crippen MR) is 113 cm³/mol. The van der Waals surface area contributed by atoms with Gasteiger partial charge in [0.2, 0.25) is 5.91 Å². The highest BCUT2D eigenvalue weighted by Crippen LogP contribution is 2.36. The molecule has 2 heterocycles. The molecule has 0 saturated carbocycles. The summed E-state index contributed by atoms with van der Waals surface area (Å²) in [6.07, 6.45) is 3.47. The second-order valence-corrected chi connectivity index (χ2v) is 8.00. The molecule has 0 spiro atoms. The van der Waals surface area contributed by atoms with Gasteiger partial charge in [0.1, 0.15) is 12.1 Å². The van der Waals surface area contributed by atoms with E-state index in [9.17, 15) is 24.3 Å². The first kappa shape index (κ1) is 20.5. The first-order valence-electron chi connectivity index (χ1n) is 10.1. The van der Waals surface area contributed by atoms with Crippen LogP contribution in [-0.2, 0) is 9.59 Å². The van der Waals surface area contributed by atoms with Gasteiger partial charge in [-0.25, -0.2) is 4.79 Å². The maximum atomic E-state index is 13.1. The van der Waals surface area contributed by atoms with E-state index in [-0.39, 0.29) is 17.0 Å². The van der Waals surface area contributed by atoms with Gasteiger partial charge in [-0.1, -0.05) is 68.5 Å². The van der Waals surface area contributed by atoms with Gasteiger partial charge in [0.05, 0.1) is 17.2 Å². The number of carbonyl (C=O) groups is 4. The number of carboxylic acid groups (broad SMARTS) is 1. The second kappa shape index (κ2) is 7.83. The van der Waals surface area contributed by atoms with Gasteiger partial charge in [0.25, 0.3) is 11.8 Å². The van der Waals surface area contributed by atoms with Crippen molar-refractivity contribution < 1.29 is 24.3 Å². The summed E-state index contributed by atoms with van der Waals surface area (Å²) in [5.74, 6) is -3.08. The number of likely N-dealkylation sites (tertiary alicyclic amines) is 1. The average molecular weight is 418 g/mol. The minimum absolute atomic E-state index is 0.253. The first-order valence-corrected chi connectivity index (χ1v) is 10.1. The van der Waals surface area contributed by atoms with Crippen molar-refractivity contribution in [3.8, 4) is 0 Å². The van der Waals surface area contributed by atoms with E-state index in [0.717, 1.165) is 10.5 Å². The maximum Gasteiger partial charge on any atom is 0.326 e. The smallest absolute Gasteiger partial charge is 0.326 e. The van der Waals surface area contributed by atoms with Crippen LogP contribution in [0.5, 0.6) is 0 Å². The molecule has 0 aliphatic carbocycles. The third-order valence-electron chi connectivity index (χ3n) is 5.73. The second-order valence-electron chi connectivity index (χ2n) is 8.00. The van der Waals surface area contributed by atoms with Crippen molar-refractivity contribution in [3.63, 3.8) is 0 Å². The molecular weight excluding hydrogens is 396 g/mol. The number of carbonyl (C=O) groups excluding carboxylic acids is 3. The van der Waals surface area contributed by atoms with Gasteiger partial charge in [0.15, 0.2) is 0 Å². The van der Waals surface area contributed by atoms with E-state index in [0.29, 0.717) is 0 Å². The summed E-state index contributed by atoms with van der Waals surface area (Å²) < 4.78 is 0. The highest BCUT2D eigenvalue weighted by Gasteiger charge is 2.58. The molecule has 0 radical (unpaired) electrons. The molecule has 158 valence electrons. The monoisotopic (exact) mass is 418 g/mol. The summed E-state index contributed by atoms with van der Waals surface area (Å²) in [6, 6.07) is 12.9. The van der Waals surface area contributed by atoms with Gasteiger partial charge in [-0.05, 0) is 23.6 Å². The lowest BCUT2D eigenvalue weighted by Gasteiger charge is -2.51. The fourth-order valence-corrected chi connectivity index (χ4v) is 4.26. The number of carboxylic acids is 1. The number of rotatable bonds is 6. The molecule has 0 bridgehead atoms. The standard InChI is InChI=1S/C24H22N2O5/c1-14(2)19(24(30)31)25-18(13-12-15-8-4-3-5-9-15)20(23(25)29)26-21(27)16-10-6-7-11-17(16)22(26)28/h3-14,18-20H,1-2H3,(H,30,31)/t18-,19-,20+/m1/s1. The highest BCUT2D eigenvalue weighted by atomic mass is 16.4. The average Bonchev–Trinajstić information content (AvgIpc) is 3.00. The zero-order valence-corrected chi connectivity index (χ0v) is 17.1. The van der Waals surface area contributed by atoms with Crippen LogP contribution in [0.4, 0.5) is 0 Å². The molecule has 7 nitrogen and oxygen atoms in total. The van der Waals surface area contributed by atoms with E-state index in [2.05, 4.69) is 0 Å². The molecule has 2 aliphatic heterocycles. The predicted octanol–water partition coefficient (Wildman–Crippen LogP) is 2.68. The van der Waals surface area contributed by atoms with Crippen LogP contribution in [0.25, 0.3) is 6.08 Å². The number of aliphatic carboxylic acids is 1.